The maximum Gasteiger partial charge on any atom is 0.491 e. The molecule has 0 unspecified atom stereocenters. The van der Waals surface area contributed by atoms with Gasteiger partial charge in [0.2, 0.25) is 11.8 Å². The van der Waals surface area contributed by atoms with Crippen LogP contribution in [0.4, 0.5) is 4.39 Å². The van der Waals surface area contributed by atoms with Crippen molar-refractivity contribution in [3.05, 3.63) is 41.2 Å². The molecule has 1 aliphatic rings. The van der Waals surface area contributed by atoms with Gasteiger partial charge in [-0.3, -0.25) is 0 Å². The predicted octanol–water partition coefficient (Wildman–Crippen LogP) is 1.11. The Hall–Kier alpha value is -2.63. The average molecular weight is 300 g/mol. The zero-order valence-electron chi connectivity index (χ0n) is 11.5. The Balaban J connectivity index is 1.93. The second kappa shape index (κ2) is 5.64. The van der Waals surface area contributed by atoms with Gasteiger partial charge in [-0.1, -0.05) is 6.07 Å². The highest BCUT2D eigenvalue weighted by Crippen LogP contribution is 2.28. The highest BCUT2D eigenvalue weighted by atomic mass is 19.1. The summed E-state index contributed by atoms with van der Waals surface area (Å²) in [6, 6.07) is 7.76. The molecule has 0 bridgehead atoms. The van der Waals surface area contributed by atoms with E-state index in [4.69, 9.17) is 19.4 Å². The van der Waals surface area contributed by atoms with E-state index in [0.717, 1.165) is 0 Å². The molecular weight excluding hydrogens is 290 g/mol. The Morgan fingerprint density at radius 3 is 2.95 bits per heavy atom. The molecule has 1 aromatic heterocycles. The van der Waals surface area contributed by atoms with Gasteiger partial charge in [0.1, 0.15) is 11.6 Å². The van der Waals surface area contributed by atoms with Crippen molar-refractivity contribution in [2.24, 2.45) is 0 Å². The fraction of sp³-hybridized carbons (Fsp3) is 0.143. The number of benzene rings is 1. The van der Waals surface area contributed by atoms with Crippen LogP contribution in [0.5, 0.6) is 17.5 Å². The van der Waals surface area contributed by atoms with E-state index in [9.17, 15) is 9.41 Å². The Kier molecular flexibility index (Phi) is 3.67. The highest BCUT2D eigenvalue weighted by molar-refractivity contribution is 6.61. The summed E-state index contributed by atoms with van der Waals surface area (Å²) < 4.78 is 29.7. The minimum Gasteiger partial charge on any atom is -0.480 e. The fourth-order valence-corrected chi connectivity index (χ4v) is 2.16. The van der Waals surface area contributed by atoms with Gasteiger partial charge in [-0.2, -0.15) is 10.2 Å². The minimum absolute atomic E-state index is 0.0242. The van der Waals surface area contributed by atoms with Crippen LogP contribution in [-0.2, 0) is 11.3 Å². The topological polar surface area (TPSA) is 84.6 Å². The Labute approximate surface area is 125 Å². The maximum atomic E-state index is 14.3. The van der Waals surface area contributed by atoms with Gasteiger partial charge in [0.05, 0.1) is 13.7 Å². The molecule has 8 heteroatoms. The molecule has 0 amide bonds. The number of pyridine rings is 1. The van der Waals surface area contributed by atoms with Crippen LogP contribution in [0.25, 0.3) is 0 Å². The van der Waals surface area contributed by atoms with Crippen molar-refractivity contribution < 1.29 is 23.5 Å². The number of hydrogen-bond donors (Lipinski definition) is 1. The Morgan fingerprint density at radius 1 is 1.41 bits per heavy atom. The molecular formula is C14H10BFN2O4. The van der Waals surface area contributed by atoms with Crippen LogP contribution in [0, 0.1) is 17.1 Å². The molecule has 0 atom stereocenters. The smallest absolute Gasteiger partial charge is 0.480 e. The van der Waals surface area contributed by atoms with Crippen LogP contribution in [0.15, 0.2) is 24.3 Å². The predicted molar refractivity (Wildman–Crippen MR) is 74.4 cm³/mol. The molecule has 3 rings (SSSR count). The first-order valence-electron chi connectivity index (χ1n) is 6.38. The van der Waals surface area contributed by atoms with Crippen molar-refractivity contribution in [3.63, 3.8) is 0 Å². The molecule has 1 aliphatic heterocycles. The summed E-state index contributed by atoms with van der Waals surface area (Å²) in [6.45, 7) is -0.0242. The van der Waals surface area contributed by atoms with E-state index in [1.807, 2.05) is 6.07 Å². The third-order valence-electron chi connectivity index (χ3n) is 3.26. The van der Waals surface area contributed by atoms with Gasteiger partial charge in [0.15, 0.2) is 11.6 Å². The van der Waals surface area contributed by atoms with Gasteiger partial charge in [-0.05, 0) is 17.6 Å². The van der Waals surface area contributed by atoms with Crippen molar-refractivity contribution in [2.45, 2.75) is 6.61 Å². The third-order valence-corrected chi connectivity index (χ3v) is 3.26. The van der Waals surface area contributed by atoms with Gasteiger partial charge in [-0.15, -0.1) is 0 Å². The summed E-state index contributed by atoms with van der Waals surface area (Å²) in [7, 11) is 0.258. The van der Waals surface area contributed by atoms with Gasteiger partial charge in [-0.25, -0.2) is 4.39 Å². The summed E-state index contributed by atoms with van der Waals surface area (Å²) >= 11 is 0. The quantitative estimate of drug-likeness (QED) is 0.855. The Bertz CT molecular complexity index is 778. The fourth-order valence-electron chi connectivity index (χ4n) is 2.16. The molecule has 1 N–H and O–H groups in total. The Morgan fingerprint density at radius 2 is 2.23 bits per heavy atom. The number of halogens is 1. The third kappa shape index (κ3) is 2.37. The average Bonchev–Trinajstić information content (AvgIpc) is 2.92. The molecule has 0 aliphatic carbocycles. The van der Waals surface area contributed by atoms with Crippen molar-refractivity contribution in [2.75, 3.05) is 7.11 Å². The van der Waals surface area contributed by atoms with E-state index >= 15 is 0 Å². The van der Waals surface area contributed by atoms with Crippen LogP contribution >= 0.6 is 0 Å². The van der Waals surface area contributed by atoms with Gasteiger partial charge < -0.3 is 19.2 Å². The largest absolute Gasteiger partial charge is 0.491 e. The van der Waals surface area contributed by atoms with E-state index < -0.39 is 12.9 Å². The van der Waals surface area contributed by atoms with Crippen LogP contribution < -0.4 is 14.9 Å². The number of ether oxygens (including phenoxy) is 2. The summed E-state index contributed by atoms with van der Waals surface area (Å²) in [5, 5.41) is 18.4. The molecule has 2 heterocycles. The van der Waals surface area contributed by atoms with E-state index in [1.54, 1.807) is 0 Å². The van der Waals surface area contributed by atoms with Crippen LogP contribution in [0.1, 0.15) is 11.1 Å². The first kappa shape index (κ1) is 14.3. The van der Waals surface area contributed by atoms with Crippen molar-refractivity contribution in [1.82, 2.24) is 4.98 Å². The number of aromatic nitrogens is 1. The molecule has 6 nitrogen and oxygen atoms in total. The number of fused-ring (bicyclic) bond motifs is 1. The molecule has 0 spiro atoms. The maximum absolute atomic E-state index is 14.3. The molecule has 2 aromatic rings. The lowest BCUT2D eigenvalue weighted by Gasteiger charge is -2.10. The standard InChI is InChI=1S/C14H10BFN2O4/c1-20-14-8(6-17)2-5-12(18-14)22-11-4-3-10-9(13(11)16)7-21-15(10)19/h2-5,19H,7H2,1H3. The van der Waals surface area contributed by atoms with Gasteiger partial charge in [0, 0.05) is 11.6 Å². The number of nitriles is 1. The zero-order valence-corrected chi connectivity index (χ0v) is 11.5. The molecule has 1 aromatic carbocycles. The van der Waals surface area contributed by atoms with Gasteiger partial charge in [0.25, 0.3) is 0 Å². The van der Waals surface area contributed by atoms with E-state index in [-0.39, 0.29) is 35.2 Å². The molecule has 0 saturated heterocycles. The SMILES string of the molecule is COc1nc(Oc2ccc3c(c2F)COB3O)ccc1C#N. The van der Waals surface area contributed by atoms with Crippen LogP contribution in [0.3, 0.4) is 0 Å². The summed E-state index contributed by atoms with van der Waals surface area (Å²) in [6.07, 6.45) is 0. The molecule has 110 valence electrons. The van der Waals surface area contributed by atoms with Crippen molar-refractivity contribution >= 4 is 12.6 Å². The van der Waals surface area contributed by atoms with Crippen LogP contribution in [-0.4, -0.2) is 24.2 Å². The van der Waals surface area contributed by atoms with E-state index in [0.29, 0.717) is 5.46 Å². The monoisotopic (exact) mass is 300 g/mol. The number of methoxy groups -OCH3 is 1. The summed E-state index contributed by atoms with van der Waals surface area (Å²) in [5.41, 5.74) is 0.890. The summed E-state index contributed by atoms with van der Waals surface area (Å²) in [5.74, 6) is -0.468. The minimum atomic E-state index is -1.12. The molecule has 0 fully saturated rings. The van der Waals surface area contributed by atoms with Crippen molar-refractivity contribution in [1.29, 1.82) is 5.26 Å². The number of rotatable bonds is 3. The highest BCUT2D eigenvalue weighted by Gasteiger charge is 2.31. The normalized spacial score (nSPS) is 12.7. The lowest BCUT2D eigenvalue weighted by molar-refractivity contribution is 0.271. The lowest BCUT2D eigenvalue weighted by atomic mass is 9.79. The summed E-state index contributed by atoms with van der Waals surface area (Å²) in [4.78, 5) is 3.99. The van der Waals surface area contributed by atoms with E-state index in [2.05, 4.69) is 4.98 Å². The molecule has 22 heavy (non-hydrogen) atoms. The van der Waals surface area contributed by atoms with Crippen molar-refractivity contribution in [3.8, 4) is 23.6 Å². The van der Waals surface area contributed by atoms with Crippen LogP contribution in [0.2, 0.25) is 0 Å². The zero-order chi connectivity index (χ0) is 15.7. The van der Waals surface area contributed by atoms with E-state index in [1.165, 1.54) is 31.4 Å². The van der Waals surface area contributed by atoms with Gasteiger partial charge >= 0.3 is 7.12 Å². The number of hydrogen-bond acceptors (Lipinski definition) is 6. The second-order valence-electron chi connectivity index (χ2n) is 4.53. The molecule has 0 saturated carbocycles. The molecule has 0 radical (unpaired) electrons. The first-order chi connectivity index (χ1) is 10.6. The lowest BCUT2D eigenvalue weighted by Crippen LogP contribution is -2.28. The number of nitrogens with zero attached hydrogens (tertiary/aromatic N) is 2. The first-order valence-corrected chi connectivity index (χ1v) is 6.38. The second-order valence-corrected chi connectivity index (χ2v) is 4.53.